The molecule has 0 spiro atoms. The van der Waals surface area contributed by atoms with Crippen LogP contribution in [0.4, 0.5) is 0 Å². The van der Waals surface area contributed by atoms with Gasteiger partial charge in [-0.3, -0.25) is 0 Å². The van der Waals surface area contributed by atoms with Gasteiger partial charge in [0.15, 0.2) is 0 Å². The molecule has 3 nitrogen and oxygen atoms in total. The lowest BCUT2D eigenvalue weighted by Gasteiger charge is -2.33. The highest BCUT2D eigenvalue weighted by atomic mass is 16.3. The van der Waals surface area contributed by atoms with Crippen LogP contribution in [-0.4, -0.2) is 24.8 Å². The fourth-order valence-corrected chi connectivity index (χ4v) is 2.01. The summed E-state index contributed by atoms with van der Waals surface area (Å²) < 4.78 is 0. The van der Waals surface area contributed by atoms with Crippen molar-refractivity contribution in [2.24, 2.45) is 11.3 Å². The summed E-state index contributed by atoms with van der Waals surface area (Å²) in [7, 11) is 0. The maximum Gasteiger partial charge on any atom is 0.0703 e. The zero-order valence-corrected chi connectivity index (χ0v) is 8.21. The molecule has 0 amide bonds. The lowest BCUT2D eigenvalue weighted by atomic mass is 9.76. The standard InChI is InChI=1S/C10H18N2O/c1-9(6-13)5-10(7-11)3-2-4-12-8-10/h9,12-13H,2-6,8H2,1H3. The summed E-state index contributed by atoms with van der Waals surface area (Å²) in [4.78, 5) is 0. The molecule has 0 aromatic carbocycles. The molecule has 0 saturated carbocycles. The minimum absolute atomic E-state index is 0.184. The topological polar surface area (TPSA) is 56.0 Å². The summed E-state index contributed by atoms with van der Waals surface area (Å²) in [6, 6.07) is 2.41. The summed E-state index contributed by atoms with van der Waals surface area (Å²) in [5, 5.41) is 21.3. The fourth-order valence-electron chi connectivity index (χ4n) is 2.01. The summed E-state index contributed by atoms with van der Waals surface area (Å²) >= 11 is 0. The van der Waals surface area contributed by atoms with Crippen LogP contribution in [0.3, 0.4) is 0 Å². The largest absolute Gasteiger partial charge is 0.396 e. The van der Waals surface area contributed by atoms with E-state index in [4.69, 9.17) is 10.4 Å². The third kappa shape index (κ3) is 2.68. The van der Waals surface area contributed by atoms with Gasteiger partial charge in [0, 0.05) is 13.2 Å². The minimum atomic E-state index is -0.222. The number of piperidine rings is 1. The van der Waals surface area contributed by atoms with E-state index in [2.05, 4.69) is 11.4 Å². The molecule has 3 heteroatoms. The highest BCUT2D eigenvalue weighted by molar-refractivity contribution is 5.02. The zero-order chi connectivity index (χ0) is 9.73. The van der Waals surface area contributed by atoms with E-state index >= 15 is 0 Å². The van der Waals surface area contributed by atoms with E-state index in [0.29, 0.717) is 0 Å². The average Bonchev–Trinajstić information content (AvgIpc) is 2.19. The first kappa shape index (κ1) is 10.5. The Morgan fingerprint density at radius 3 is 2.92 bits per heavy atom. The first-order valence-corrected chi connectivity index (χ1v) is 4.95. The van der Waals surface area contributed by atoms with E-state index in [1.807, 2.05) is 6.92 Å². The molecule has 2 N–H and O–H groups in total. The number of aliphatic hydroxyl groups excluding tert-OH is 1. The predicted molar refractivity (Wildman–Crippen MR) is 51.0 cm³/mol. The van der Waals surface area contributed by atoms with Crippen LogP contribution in [0.15, 0.2) is 0 Å². The molecule has 0 radical (unpaired) electrons. The molecular weight excluding hydrogens is 164 g/mol. The van der Waals surface area contributed by atoms with E-state index < -0.39 is 0 Å². The Bertz CT molecular complexity index is 192. The van der Waals surface area contributed by atoms with Gasteiger partial charge in [-0.1, -0.05) is 6.92 Å². The van der Waals surface area contributed by atoms with Gasteiger partial charge in [-0.2, -0.15) is 5.26 Å². The predicted octanol–water partition coefficient (Wildman–Crippen LogP) is 0.898. The van der Waals surface area contributed by atoms with Crippen molar-refractivity contribution in [2.45, 2.75) is 26.2 Å². The molecule has 0 bridgehead atoms. The molecule has 1 aliphatic heterocycles. The third-order valence-electron chi connectivity index (χ3n) is 2.76. The summed E-state index contributed by atoms with van der Waals surface area (Å²) in [6.45, 7) is 3.99. The first-order chi connectivity index (χ1) is 6.22. The third-order valence-corrected chi connectivity index (χ3v) is 2.76. The SMILES string of the molecule is CC(CO)CC1(C#N)CCCNC1. The van der Waals surface area contributed by atoms with E-state index in [-0.39, 0.29) is 17.9 Å². The Morgan fingerprint density at radius 1 is 1.69 bits per heavy atom. The van der Waals surface area contributed by atoms with Crippen molar-refractivity contribution < 1.29 is 5.11 Å². The molecule has 1 rings (SSSR count). The van der Waals surface area contributed by atoms with Crippen LogP contribution in [0.1, 0.15) is 26.2 Å². The van der Waals surface area contributed by atoms with Crippen molar-refractivity contribution in [3.05, 3.63) is 0 Å². The Balaban J connectivity index is 2.53. The van der Waals surface area contributed by atoms with Crippen molar-refractivity contribution >= 4 is 0 Å². The van der Waals surface area contributed by atoms with Gasteiger partial charge in [0.05, 0.1) is 11.5 Å². The monoisotopic (exact) mass is 182 g/mol. The lowest BCUT2D eigenvalue weighted by Crippen LogP contribution is -2.40. The van der Waals surface area contributed by atoms with E-state index in [1.165, 1.54) is 0 Å². The summed E-state index contributed by atoms with van der Waals surface area (Å²) in [5.74, 6) is 0.236. The number of nitrogens with one attached hydrogen (secondary N) is 1. The van der Waals surface area contributed by atoms with Gasteiger partial charge in [0.25, 0.3) is 0 Å². The second kappa shape index (κ2) is 4.59. The molecular formula is C10H18N2O. The highest BCUT2D eigenvalue weighted by Crippen LogP contribution is 2.32. The number of aliphatic hydroxyl groups is 1. The number of nitriles is 1. The Morgan fingerprint density at radius 2 is 2.46 bits per heavy atom. The maximum atomic E-state index is 9.11. The Labute approximate surface area is 79.8 Å². The molecule has 2 atom stereocenters. The van der Waals surface area contributed by atoms with Crippen molar-refractivity contribution in [2.75, 3.05) is 19.7 Å². The van der Waals surface area contributed by atoms with Crippen LogP contribution >= 0.6 is 0 Å². The van der Waals surface area contributed by atoms with Gasteiger partial charge in [0.1, 0.15) is 0 Å². The first-order valence-electron chi connectivity index (χ1n) is 4.95. The summed E-state index contributed by atoms with van der Waals surface area (Å²) in [5.41, 5.74) is -0.222. The van der Waals surface area contributed by atoms with Crippen molar-refractivity contribution in [3.8, 4) is 6.07 Å². The van der Waals surface area contributed by atoms with Crippen LogP contribution < -0.4 is 5.32 Å². The van der Waals surface area contributed by atoms with Crippen molar-refractivity contribution in [1.29, 1.82) is 5.26 Å². The van der Waals surface area contributed by atoms with Gasteiger partial charge in [-0.05, 0) is 31.7 Å². The van der Waals surface area contributed by atoms with Crippen LogP contribution in [-0.2, 0) is 0 Å². The molecule has 0 aliphatic carbocycles. The number of hydrogen-bond donors (Lipinski definition) is 2. The van der Waals surface area contributed by atoms with Gasteiger partial charge in [-0.15, -0.1) is 0 Å². The molecule has 74 valence electrons. The van der Waals surface area contributed by atoms with Crippen LogP contribution in [0.25, 0.3) is 0 Å². The smallest absolute Gasteiger partial charge is 0.0703 e. The Kier molecular flexibility index (Phi) is 3.71. The minimum Gasteiger partial charge on any atom is -0.396 e. The number of hydrogen-bond acceptors (Lipinski definition) is 3. The summed E-state index contributed by atoms with van der Waals surface area (Å²) in [6.07, 6.45) is 2.86. The van der Waals surface area contributed by atoms with Crippen LogP contribution in [0.2, 0.25) is 0 Å². The van der Waals surface area contributed by atoms with Crippen molar-refractivity contribution in [1.82, 2.24) is 5.32 Å². The molecule has 1 fully saturated rings. The average molecular weight is 182 g/mol. The van der Waals surface area contributed by atoms with E-state index in [1.54, 1.807) is 0 Å². The molecule has 0 aromatic rings. The normalized spacial score (nSPS) is 30.8. The zero-order valence-electron chi connectivity index (χ0n) is 8.21. The fraction of sp³-hybridized carbons (Fsp3) is 0.900. The van der Waals surface area contributed by atoms with Gasteiger partial charge in [-0.25, -0.2) is 0 Å². The maximum absolute atomic E-state index is 9.11. The molecule has 0 aromatic heterocycles. The van der Waals surface area contributed by atoms with Gasteiger partial charge in [0.2, 0.25) is 0 Å². The quantitative estimate of drug-likeness (QED) is 0.681. The second-order valence-electron chi connectivity index (χ2n) is 4.16. The Hall–Kier alpha value is -0.590. The number of nitrogens with zero attached hydrogens (tertiary/aromatic N) is 1. The van der Waals surface area contributed by atoms with Crippen molar-refractivity contribution in [3.63, 3.8) is 0 Å². The van der Waals surface area contributed by atoms with Crippen LogP contribution in [0, 0.1) is 22.7 Å². The van der Waals surface area contributed by atoms with E-state index in [9.17, 15) is 0 Å². The molecule has 2 unspecified atom stereocenters. The molecule has 13 heavy (non-hydrogen) atoms. The van der Waals surface area contributed by atoms with Gasteiger partial charge < -0.3 is 10.4 Å². The second-order valence-corrected chi connectivity index (χ2v) is 4.16. The van der Waals surface area contributed by atoms with E-state index in [0.717, 1.165) is 32.4 Å². The highest BCUT2D eigenvalue weighted by Gasteiger charge is 2.33. The number of rotatable bonds is 3. The van der Waals surface area contributed by atoms with Crippen LogP contribution in [0.5, 0.6) is 0 Å². The molecule has 1 heterocycles. The van der Waals surface area contributed by atoms with Gasteiger partial charge >= 0.3 is 0 Å². The molecule has 1 aliphatic rings. The molecule has 1 saturated heterocycles. The lowest BCUT2D eigenvalue weighted by molar-refractivity contribution is 0.170.